The Morgan fingerprint density at radius 2 is 1.86 bits per heavy atom. The Morgan fingerprint density at radius 1 is 1.11 bits per heavy atom. The molecule has 0 saturated carbocycles. The number of ketones is 2. The smallest absolute Gasteiger partial charge is 0.349 e. The Balaban J connectivity index is 1.69. The molecule has 2 aliphatic rings. The minimum absolute atomic E-state index is 0.107. The predicted molar refractivity (Wildman–Crippen MR) is 133 cm³/mol. The fourth-order valence-electron chi connectivity index (χ4n) is 4.01. The molecule has 0 spiro atoms. The van der Waals surface area contributed by atoms with E-state index in [2.05, 4.69) is 0 Å². The Bertz CT molecular complexity index is 1290. The fourth-order valence-corrected chi connectivity index (χ4v) is 4.61. The molecule has 0 radical (unpaired) electrons. The number of carbonyl (C=O) groups is 4. The van der Waals surface area contributed by atoms with Crippen molar-refractivity contribution in [1.29, 1.82) is 0 Å². The summed E-state index contributed by atoms with van der Waals surface area (Å²) in [4.78, 5) is 52.9. The monoisotopic (exact) mass is 507 g/mol. The van der Waals surface area contributed by atoms with Crippen molar-refractivity contribution in [3.05, 3.63) is 87.4 Å². The summed E-state index contributed by atoms with van der Waals surface area (Å²) in [5.41, 5.74) is 0.895. The Kier molecular flexibility index (Phi) is 7.32. The molecule has 4 rings (SSSR count). The number of rotatable bonds is 8. The van der Waals surface area contributed by atoms with Gasteiger partial charge in [0.15, 0.2) is 0 Å². The summed E-state index contributed by atoms with van der Waals surface area (Å²) in [5.74, 6) is -2.29. The van der Waals surface area contributed by atoms with E-state index in [1.54, 1.807) is 59.0 Å². The summed E-state index contributed by atoms with van der Waals surface area (Å²) in [6, 6.07) is 10.4. The largest absolute Gasteiger partial charge is 0.469 e. The van der Waals surface area contributed by atoms with Gasteiger partial charge in [-0.05, 0) is 66.6 Å². The molecule has 186 valence electrons. The second-order valence-corrected chi connectivity index (χ2v) is 9.44. The predicted octanol–water partition coefficient (Wildman–Crippen LogP) is 3.87. The molecule has 1 atom stereocenters. The number of carbonyl (C=O) groups excluding carboxylic acids is 4. The maximum absolute atomic E-state index is 13.6. The number of hydrogen-bond donors (Lipinski definition) is 1. The molecule has 0 fully saturated rings. The normalized spacial score (nSPS) is 19.2. The molecule has 36 heavy (non-hydrogen) atoms. The van der Waals surface area contributed by atoms with Crippen molar-refractivity contribution in [3.63, 3.8) is 0 Å². The third-order valence-corrected chi connectivity index (χ3v) is 6.94. The Hall–Kier alpha value is -3.82. The average Bonchev–Trinajstić information content (AvgIpc) is 3.43. The number of aliphatic hydroxyl groups is 1. The van der Waals surface area contributed by atoms with Crippen molar-refractivity contribution in [2.24, 2.45) is 0 Å². The number of thiophene rings is 1. The van der Waals surface area contributed by atoms with Gasteiger partial charge >= 0.3 is 11.9 Å². The summed E-state index contributed by atoms with van der Waals surface area (Å²) in [6.07, 6.45) is 5.88. The number of nitrogens with zero attached hydrogens (tertiary/aromatic N) is 1. The molecule has 0 amide bonds. The first-order valence-corrected chi connectivity index (χ1v) is 12.2. The maximum Gasteiger partial charge on any atom is 0.349 e. The van der Waals surface area contributed by atoms with Gasteiger partial charge < -0.3 is 19.5 Å². The van der Waals surface area contributed by atoms with Crippen LogP contribution in [0.25, 0.3) is 0 Å². The molecule has 1 aliphatic heterocycles. The van der Waals surface area contributed by atoms with Crippen molar-refractivity contribution < 1.29 is 33.8 Å². The number of Topliss-reactive ketones (excluding diaryl/α,β-unsaturated/α-hetero) is 1. The van der Waals surface area contributed by atoms with Crippen molar-refractivity contribution in [3.8, 4) is 0 Å². The van der Waals surface area contributed by atoms with E-state index in [0.29, 0.717) is 23.3 Å². The van der Waals surface area contributed by atoms with Crippen LogP contribution in [0.15, 0.2) is 77.0 Å². The highest BCUT2D eigenvalue weighted by molar-refractivity contribution is 7.12. The van der Waals surface area contributed by atoms with E-state index in [0.717, 1.165) is 28.3 Å². The molecule has 1 aromatic carbocycles. The van der Waals surface area contributed by atoms with E-state index in [-0.39, 0.29) is 24.6 Å². The van der Waals surface area contributed by atoms with Crippen LogP contribution in [0.4, 0.5) is 5.69 Å². The highest BCUT2D eigenvalue weighted by Gasteiger charge is 2.49. The van der Waals surface area contributed by atoms with Gasteiger partial charge in [-0.3, -0.25) is 14.4 Å². The van der Waals surface area contributed by atoms with E-state index in [1.165, 1.54) is 20.1 Å². The van der Waals surface area contributed by atoms with Gasteiger partial charge in [0.25, 0.3) is 0 Å². The first-order chi connectivity index (χ1) is 17.3. The second kappa shape index (κ2) is 10.4. The lowest BCUT2D eigenvalue weighted by Crippen LogP contribution is -2.51. The van der Waals surface area contributed by atoms with Crippen LogP contribution in [-0.4, -0.2) is 41.3 Å². The highest BCUT2D eigenvalue weighted by Crippen LogP contribution is 2.37. The summed E-state index contributed by atoms with van der Waals surface area (Å²) in [6.45, 7) is 1.21. The number of methoxy groups -OCH3 is 1. The number of esters is 2. The van der Waals surface area contributed by atoms with Crippen LogP contribution in [-0.2, 0) is 30.5 Å². The van der Waals surface area contributed by atoms with E-state index in [4.69, 9.17) is 9.47 Å². The van der Waals surface area contributed by atoms with E-state index >= 15 is 0 Å². The lowest BCUT2D eigenvalue weighted by atomic mass is 9.79. The van der Waals surface area contributed by atoms with Crippen molar-refractivity contribution >= 4 is 40.5 Å². The van der Waals surface area contributed by atoms with Gasteiger partial charge in [0, 0.05) is 29.6 Å². The fraction of sp³-hybridized carbons (Fsp3) is 0.259. The molecular weight excluding hydrogens is 482 g/mol. The van der Waals surface area contributed by atoms with Crippen LogP contribution >= 0.6 is 11.3 Å². The number of benzene rings is 1. The van der Waals surface area contributed by atoms with Gasteiger partial charge in [-0.25, -0.2) is 4.79 Å². The second-order valence-electron chi connectivity index (χ2n) is 8.50. The van der Waals surface area contributed by atoms with Crippen LogP contribution in [0.3, 0.4) is 0 Å². The molecule has 2 aromatic rings. The third-order valence-electron chi connectivity index (χ3n) is 6.09. The van der Waals surface area contributed by atoms with Crippen molar-refractivity contribution in [2.75, 3.05) is 12.0 Å². The number of ether oxygens (including phenoxy) is 2. The van der Waals surface area contributed by atoms with E-state index < -0.39 is 23.1 Å². The first kappa shape index (κ1) is 25.3. The molecule has 2 heterocycles. The Morgan fingerprint density at radius 3 is 2.50 bits per heavy atom. The number of fused-ring (bicyclic) bond motifs is 1. The summed E-state index contributed by atoms with van der Waals surface area (Å²) in [5, 5.41) is 11.1. The Labute approximate surface area is 212 Å². The number of allylic oxidation sites excluding steroid dienone is 3. The molecule has 0 bridgehead atoms. The van der Waals surface area contributed by atoms with Gasteiger partial charge in [-0.15, -0.1) is 11.3 Å². The summed E-state index contributed by atoms with van der Waals surface area (Å²) < 4.78 is 10.2. The van der Waals surface area contributed by atoms with Gasteiger partial charge in [-0.2, -0.15) is 0 Å². The lowest BCUT2D eigenvalue weighted by molar-refractivity contribution is -0.145. The van der Waals surface area contributed by atoms with E-state index in [1.807, 2.05) is 0 Å². The SMILES string of the molecule is COC(=O)CCCC1=CC2=CC(=O)C(C)(OC(=O)c3cccs3)C(=O)C2=CN1c1ccc(CO)cc1. The van der Waals surface area contributed by atoms with Crippen LogP contribution in [0.1, 0.15) is 41.4 Å². The molecule has 1 unspecified atom stereocenters. The molecule has 1 aromatic heterocycles. The minimum atomic E-state index is -1.99. The number of anilines is 1. The third kappa shape index (κ3) is 4.93. The van der Waals surface area contributed by atoms with Gasteiger partial charge in [0.05, 0.1) is 13.7 Å². The average molecular weight is 508 g/mol. The molecule has 0 saturated heterocycles. The molecule has 1 N–H and O–H groups in total. The molecule has 9 heteroatoms. The topological polar surface area (TPSA) is 110 Å². The van der Waals surface area contributed by atoms with Crippen molar-refractivity contribution in [1.82, 2.24) is 0 Å². The zero-order chi connectivity index (χ0) is 25.9. The maximum atomic E-state index is 13.6. The van der Waals surface area contributed by atoms with Gasteiger partial charge in [-0.1, -0.05) is 18.2 Å². The van der Waals surface area contributed by atoms with Gasteiger partial charge in [0.2, 0.25) is 17.2 Å². The number of aliphatic hydroxyl groups excluding tert-OH is 1. The van der Waals surface area contributed by atoms with Crippen LogP contribution < -0.4 is 4.90 Å². The van der Waals surface area contributed by atoms with E-state index in [9.17, 15) is 24.3 Å². The van der Waals surface area contributed by atoms with Crippen LogP contribution in [0, 0.1) is 0 Å². The molecule has 8 nitrogen and oxygen atoms in total. The molecular formula is C27H25NO7S. The molecule has 1 aliphatic carbocycles. The first-order valence-electron chi connectivity index (χ1n) is 11.3. The minimum Gasteiger partial charge on any atom is -0.469 e. The van der Waals surface area contributed by atoms with Crippen molar-refractivity contribution in [2.45, 2.75) is 38.4 Å². The summed E-state index contributed by atoms with van der Waals surface area (Å²) in [7, 11) is 1.33. The standard InChI is InChI=1S/C27H25NO7S/c1-27(35-26(33)22-6-4-12-36-22)23(30)14-18-13-20(5-3-7-24(31)34-2)28(15-21(18)25(27)32)19-10-8-17(16-29)9-11-19/h4,6,8-15,29H,3,5,7,16H2,1-2H3. The zero-order valence-electron chi connectivity index (χ0n) is 19.9. The van der Waals surface area contributed by atoms with Gasteiger partial charge in [0.1, 0.15) is 4.88 Å². The van der Waals surface area contributed by atoms with Crippen LogP contribution in [0.5, 0.6) is 0 Å². The lowest BCUT2D eigenvalue weighted by Gasteiger charge is -2.35. The zero-order valence-corrected chi connectivity index (χ0v) is 20.7. The summed E-state index contributed by atoms with van der Waals surface area (Å²) >= 11 is 1.16. The quantitative estimate of drug-likeness (QED) is 0.424. The number of hydrogen-bond acceptors (Lipinski definition) is 9. The van der Waals surface area contributed by atoms with Crippen LogP contribution in [0.2, 0.25) is 0 Å². The highest BCUT2D eigenvalue weighted by atomic mass is 32.1.